The summed E-state index contributed by atoms with van der Waals surface area (Å²) in [4.78, 5) is 0. The van der Waals surface area contributed by atoms with E-state index >= 15 is 0 Å². The lowest BCUT2D eigenvalue weighted by molar-refractivity contribution is 0.525. The first-order valence-corrected chi connectivity index (χ1v) is 7.51. The smallest absolute Gasteiger partial charge is 0.0537 e. The molecular weight excluding hydrogens is 222 g/mol. The highest BCUT2D eigenvalue weighted by atomic mass is 15.3. The van der Waals surface area contributed by atoms with Crippen LogP contribution >= 0.6 is 0 Å². The Balaban J connectivity index is 2.23. The molecule has 3 heteroatoms. The summed E-state index contributed by atoms with van der Waals surface area (Å²) in [5.74, 6) is 0. The first-order chi connectivity index (χ1) is 8.81. The van der Waals surface area contributed by atoms with Crippen molar-refractivity contribution in [3.63, 3.8) is 0 Å². The lowest BCUT2D eigenvalue weighted by Gasteiger charge is -2.10. The van der Waals surface area contributed by atoms with Crippen molar-refractivity contribution < 1.29 is 0 Å². The fraction of sp³-hybridized carbons (Fsp3) is 0.800. The molecule has 0 aliphatic rings. The number of hydrogen-bond acceptors (Lipinski definition) is 2. The molecule has 1 unspecified atom stereocenters. The molecule has 0 aliphatic heterocycles. The molecule has 1 aromatic heterocycles. The third-order valence-corrected chi connectivity index (χ3v) is 3.55. The largest absolute Gasteiger partial charge is 0.313 e. The molecule has 0 aliphatic carbocycles. The Labute approximate surface area is 112 Å². The maximum absolute atomic E-state index is 4.44. The van der Waals surface area contributed by atoms with Crippen LogP contribution in [0.15, 0.2) is 12.4 Å². The maximum atomic E-state index is 4.44. The van der Waals surface area contributed by atoms with Crippen LogP contribution in [-0.2, 0) is 6.54 Å². The van der Waals surface area contributed by atoms with E-state index in [1.807, 2.05) is 13.2 Å². The van der Waals surface area contributed by atoms with Crippen molar-refractivity contribution in [1.82, 2.24) is 15.1 Å². The minimum Gasteiger partial charge on any atom is -0.313 e. The van der Waals surface area contributed by atoms with Crippen LogP contribution in [0.3, 0.4) is 0 Å². The number of aryl methyl sites for hydroxylation is 1. The van der Waals surface area contributed by atoms with Crippen LogP contribution in [-0.4, -0.2) is 16.8 Å². The Morgan fingerprint density at radius 3 is 2.56 bits per heavy atom. The summed E-state index contributed by atoms with van der Waals surface area (Å²) in [7, 11) is 2.01. The molecule has 0 aromatic carbocycles. The summed E-state index contributed by atoms with van der Waals surface area (Å²) in [6.07, 6.45) is 13.4. The highest BCUT2D eigenvalue weighted by Crippen LogP contribution is 2.15. The summed E-state index contributed by atoms with van der Waals surface area (Å²) < 4.78 is 2.09. The van der Waals surface area contributed by atoms with Crippen LogP contribution in [0.4, 0.5) is 0 Å². The highest BCUT2D eigenvalue weighted by molar-refractivity contribution is 5.09. The van der Waals surface area contributed by atoms with Crippen LogP contribution in [0.1, 0.15) is 70.4 Å². The minimum absolute atomic E-state index is 0.448. The summed E-state index contributed by atoms with van der Waals surface area (Å²) in [5.41, 5.74) is 1.31. The van der Waals surface area contributed by atoms with Gasteiger partial charge in [0.25, 0.3) is 0 Å². The van der Waals surface area contributed by atoms with Gasteiger partial charge in [0.2, 0.25) is 0 Å². The minimum atomic E-state index is 0.448. The van der Waals surface area contributed by atoms with Gasteiger partial charge < -0.3 is 5.32 Å². The third-order valence-electron chi connectivity index (χ3n) is 3.55. The Kier molecular flexibility index (Phi) is 7.74. The number of nitrogens with one attached hydrogen (secondary N) is 1. The fourth-order valence-electron chi connectivity index (χ4n) is 2.34. The van der Waals surface area contributed by atoms with Crippen LogP contribution in [0, 0.1) is 0 Å². The fourth-order valence-corrected chi connectivity index (χ4v) is 2.34. The Hall–Kier alpha value is -0.830. The zero-order valence-electron chi connectivity index (χ0n) is 12.3. The second-order valence-electron chi connectivity index (χ2n) is 5.05. The van der Waals surface area contributed by atoms with Crippen LogP contribution in [0.25, 0.3) is 0 Å². The quantitative estimate of drug-likeness (QED) is 0.639. The molecule has 0 radical (unpaired) electrons. The van der Waals surface area contributed by atoms with Gasteiger partial charge in [0.15, 0.2) is 0 Å². The number of unbranched alkanes of at least 4 members (excludes halogenated alkanes) is 5. The van der Waals surface area contributed by atoms with Crippen molar-refractivity contribution in [3.8, 4) is 0 Å². The van der Waals surface area contributed by atoms with Crippen molar-refractivity contribution in [2.24, 2.45) is 0 Å². The van der Waals surface area contributed by atoms with E-state index in [0.717, 1.165) is 13.0 Å². The van der Waals surface area contributed by atoms with Gasteiger partial charge in [0, 0.05) is 24.3 Å². The maximum Gasteiger partial charge on any atom is 0.0537 e. The molecule has 1 N–H and O–H groups in total. The van der Waals surface area contributed by atoms with Gasteiger partial charge in [0.05, 0.1) is 6.20 Å². The second kappa shape index (κ2) is 9.15. The molecule has 0 bridgehead atoms. The summed E-state index contributed by atoms with van der Waals surface area (Å²) in [5, 5.41) is 7.76. The Morgan fingerprint density at radius 1 is 1.17 bits per heavy atom. The molecule has 0 spiro atoms. The average Bonchev–Trinajstić information content (AvgIpc) is 2.84. The van der Waals surface area contributed by atoms with Gasteiger partial charge in [-0.3, -0.25) is 4.68 Å². The van der Waals surface area contributed by atoms with E-state index < -0.39 is 0 Å². The normalized spacial score (nSPS) is 12.8. The van der Waals surface area contributed by atoms with Crippen molar-refractivity contribution in [3.05, 3.63) is 18.0 Å². The number of nitrogens with zero attached hydrogens (tertiary/aromatic N) is 2. The Morgan fingerprint density at radius 2 is 1.89 bits per heavy atom. The van der Waals surface area contributed by atoms with Gasteiger partial charge in [-0.2, -0.15) is 5.10 Å². The van der Waals surface area contributed by atoms with E-state index in [2.05, 4.69) is 35.1 Å². The molecular formula is C15H29N3. The molecule has 104 valence electrons. The second-order valence-corrected chi connectivity index (χ2v) is 5.05. The topological polar surface area (TPSA) is 29.9 Å². The van der Waals surface area contributed by atoms with E-state index in [9.17, 15) is 0 Å². The lowest BCUT2D eigenvalue weighted by atomic mass is 10.1. The van der Waals surface area contributed by atoms with Gasteiger partial charge in [0.1, 0.15) is 0 Å². The first-order valence-electron chi connectivity index (χ1n) is 7.51. The molecule has 1 atom stereocenters. The molecule has 18 heavy (non-hydrogen) atoms. The van der Waals surface area contributed by atoms with Gasteiger partial charge >= 0.3 is 0 Å². The molecule has 0 saturated heterocycles. The van der Waals surface area contributed by atoms with Crippen molar-refractivity contribution in [2.75, 3.05) is 7.05 Å². The number of rotatable bonds is 10. The summed E-state index contributed by atoms with van der Waals surface area (Å²) in [6.45, 7) is 5.52. The third kappa shape index (κ3) is 5.21. The summed E-state index contributed by atoms with van der Waals surface area (Å²) >= 11 is 0. The van der Waals surface area contributed by atoms with Crippen LogP contribution in [0.5, 0.6) is 0 Å². The highest BCUT2D eigenvalue weighted by Gasteiger charge is 2.08. The van der Waals surface area contributed by atoms with Crippen LogP contribution < -0.4 is 5.32 Å². The molecule has 0 amide bonds. The number of aromatic nitrogens is 2. The average molecular weight is 251 g/mol. The first kappa shape index (κ1) is 15.2. The zero-order chi connectivity index (χ0) is 13.2. The van der Waals surface area contributed by atoms with Gasteiger partial charge in [-0.1, -0.05) is 46.0 Å². The molecule has 0 saturated carbocycles. The van der Waals surface area contributed by atoms with Gasteiger partial charge in [-0.25, -0.2) is 0 Å². The van der Waals surface area contributed by atoms with Gasteiger partial charge in [-0.05, 0) is 19.9 Å². The van der Waals surface area contributed by atoms with Crippen LogP contribution in [0.2, 0.25) is 0 Å². The van der Waals surface area contributed by atoms with E-state index in [1.54, 1.807) is 0 Å². The van der Waals surface area contributed by atoms with Crippen molar-refractivity contribution >= 4 is 0 Å². The molecule has 1 heterocycles. The van der Waals surface area contributed by atoms with Crippen molar-refractivity contribution in [2.45, 2.75) is 71.4 Å². The van der Waals surface area contributed by atoms with E-state index in [1.165, 1.54) is 44.1 Å². The molecule has 1 rings (SSSR count). The predicted octanol–water partition coefficient (Wildman–Crippen LogP) is 3.91. The molecule has 3 nitrogen and oxygen atoms in total. The Bertz CT molecular complexity index is 302. The molecule has 1 aromatic rings. The monoisotopic (exact) mass is 251 g/mol. The molecule has 0 fully saturated rings. The summed E-state index contributed by atoms with van der Waals surface area (Å²) in [6, 6.07) is 0.448. The van der Waals surface area contributed by atoms with E-state index in [-0.39, 0.29) is 0 Å². The standard InChI is InChI=1S/C15H29N3/c1-4-6-7-8-9-10-11-18-13-14(12-17-18)15(5-2)16-3/h12-13,15-16H,4-11H2,1-3H3. The lowest BCUT2D eigenvalue weighted by Crippen LogP contribution is -2.14. The van der Waals surface area contributed by atoms with Gasteiger partial charge in [-0.15, -0.1) is 0 Å². The van der Waals surface area contributed by atoms with E-state index in [4.69, 9.17) is 0 Å². The number of hydrogen-bond donors (Lipinski definition) is 1. The SMILES string of the molecule is CCCCCCCCn1cc(C(CC)NC)cn1. The van der Waals surface area contributed by atoms with Crippen molar-refractivity contribution in [1.29, 1.82) is 0 Å². The van der Waals surface area contributed by atoms with E-state index in [0.29, 0.717) is 6.04 Å². The predicted molar refractivity (Wildman–Crippen MR) is 77.7 cm³/mol. The zero-order valence-corrected chi connectivity index (χ0v) is 12.3.